The maximum Gasteiger partial charge on any atom is 0.141 e. The lowest BCUT2D eigenvalue weighted by Crippen LogP contribution is -2.42. The van der Waals surface area contributed by atoms with Crippen molar-refractivity contribution < 1.29 is 0 Å². The molecule has 21 heavy (non-hydrogen) atoms. The standard InChI is InChI=1S/C16H31N5/c1-5-8-21-15(17-13-19-21)12-20-9-6-14(7-10-20)11-18-16(2,3)4/h13-14,18H,5-12H2,1-4H3. The van der Waals surface area contributed by atoms with E-state index >= 15 is 0 Å². The van der Waals surface area contributed by atoms with Gasteiger partial charge < -0.3 is 5.32 Å². The van der Waals surface area contributed by atoms with E-state index in [2.05, 4.69) is 48.0 Å². The number of hydrogen-bond acceptors (Lipinski definition) is 4. The first-order chi connectivity index (χ1) is 9.98. The summed E-state index contributed by atoms with van der Waals surface area (Å²) in [6.07, 6.45) is 5.36. The minimum absolute atomic E-state index is 0.230. The first-order valence-corrected chi connectivity index (χ1v) is 8.32. The maximum atomic E-state index is 4.41. The van der Waals surface area contributed by atoms with Crippen molar-refractivity contribution in [1.29, 1.82) is 0 Å². The minimum atomic E-state index is 0.230. The molecule has 0 saturated carbocycles. The molecule has 1 aliphatic heterocycles. The highest BCUT2D eigenvalue weighted by Gasteiger charge is 2.21. The van der Waals surface area contributed by atoms with Crippen LogP contribution in [0.15, 0.2) is 6.33 Å². The van der Waals surface area contributed by atoms with Gasteiger partial charge >= 0.3 is 0 Å². The maximum absolute atomic E-state index is 4.41. The summed E-state index contributed by atoms with van der Waals surface area (Å²) >= 11 is 0. The molecule has 120 valence electrons. The Kier molecular flexibility index (Phi) is 5.76. The average Bonchev–Trinajstić information content (AvgIpc) is 2.85. The predicted octanol–water partition coefficient (Wildman–Crippen LogP) is 2.29. The van der Waals surface area contributed by atoms with E-state index in [1.807, 2.05) is 4.68 Å². The van der Waals surface area contributed by atoms with Crippen LogP contribution in [0.3, 0.4) is 0 Å². The molecule has 0 amide bonds. The van der Waals surface area contributed by atoms with Gasteiger partial charge in [0.15, 0.2) is 0 Å². The van der Waals surface area contributed by atoms with Crippen LogP contribution in [0.1, 0.15) is 52.8 Å². The lowest BCUT2D eigenvalue weighted by atomic mass is 9.95. The number of aromatic nitrogens is 3. The second kappa shape index (κ2) is 7.36. The smallest absolute Gasteiger partial charge is 0.141 e. The normalized spacial score (nSPS) is 18.3. The van der Waals surface area contributed by atoms with Crippen LogP contribution in [-0.4, -0.2) is 44.8 Å². The molecule has 0 atom stereocenters. The van der Waals surface area contributed by atoms with Crippen molar-refractivity contribution in [1.82, 2.24) is 25.0 Å². The molecule has 1 fully saturated rings. The highest BCUT2D eigenvalue weighted by atomic mass is 15.3. The number of piperidine rings is 1. The van der Waals surface area contributed by atoms with E-state index < -0.39 is 0 Å². The Labute approximate surface area is 129 Å². The molecule has 0 radical (unpaired) electrons. The lowest BCUT2D eigenvalue weighted by molar-refractivity contribution is 0.164. The van der Waals surface area contributed by atoms with Gasteiger partial charge in [0.1, 0.15) is 12.2 Å². The molecule has 2 heterocycles. The molecular weight excluding hydrogens is 262 g/mol. The zero-order valence-electron chi connectivity index (χ0n) is 14.1. The number of hydrogen-bond donors (Lipinski definition) is 1. The minimum Gasteiger partial charge on any atom is -0.312 e. The van der Waals surface area contributed by atoms with Crippen molar-refractivity contribution >= 4 is 0 Å². The Morgan fingerprint density at radius 1 is 1.29 bits per heavy atom. The van der Waals surface area contributed by atoms with E-state index in [-0.39, 0.29) is 5.54 Å². The monoisotopic (exact) mass is 293 g/mol. The first kappa shape index (κ1) is 16.4. The third-order valence-electron chi connectivity index (χ3n) is 4.12. The number of aryl methyl sites for hydroxylation is 1. The Bertz CT molecular complexity index is 413. The molecule has 1 N–H and O–H groups in total. The van der Waals surface area contributed by atoms with Crippen LogP contribution in [0.4, 0.5) is 0 Å². The summed E-state index contributed by atoms with van der Waals surface area (Å²) in [5.41, 5.74) is 0.230. The van der Waals surface area contributed by atoms with E-state index in [1.165, 1.54) is 25.9 Å². The van der Waals surface area contributed by atoms with Gasteiger partial charge in [-0.3, -0.25) is 4.90 Å². The lowest BCUT2D eigenvalue weighted by Gasteiger charge is -2.33. The highest BCUT2D eigenvalue weighted by Crippen LogP contribution is 2.18. The second-order valence-corrected chi connectivity index (χ2v) is 7.25. The van der Waals surface area contributed by atoms with Crippen LogP contribution in [0.25, 0.3) is 0 Å². The van der Waals surface area contributed by atoms with Crippen molar-refractivity contribution in [2.75, 3.05) is 19.6 Å². The Balaban J connectivity index is 1.75. The molecule has 5 nitrogen and oxygen atoms in total. The fraction of sp³-hybridized carbons (Fsp3) is 0.875. The summed E-state index contributed by atoms with van der Waals surface area (Å²) in [5, 5.41) is 7.94. The molecule has 0 bridgehead atoms. The first-order valence-electron chi connectivity index (χ1n) is 8.32. The number of nitrogens with zero attached hydrogens (tertiary/aromatic N) is 4. The van der Waals surface area contributed by atoms with Crippen molar-refractivity contribution in [3.63, 3.8) is 0 Å². The van der Waals surface area contributed by atoms with Crippen molar-refractivity contribution in [2.45, 2.75) is 65.6 Å². The van der Waals surface area contributed by atoms with E-state index in [0.29, 0.717) is 0 Å². The summed E-state index contributed by atoms with van der Waals surface area (Å²) in [4.78, 5) is 6.93. The number of rotatable bonds is 6. The zero-order valence-corrected chi connectivity index (χ0v) is 14.1. The van der Waals surface area contributed by atoms with Gasteiger partial charge in [-0.05, 0) is 65.6 Å². The molecule has 0 unspecified atom stereocenters. The Morgan fingerprint density at radius 3 is 2.62 bits per heavy atom. The largest absolute Gasteiger partial charge is 0.312 e. The Morgan fingerprint density at radius 2 is 2.00 bits per heavy atom. The van der Waals surface area contributed by atoms with Gasteiger partial charge in [0.05, 0.1) is 6.54 Å². The number of likely N-dealkylation sites (tertiary alicyclic amines) is 1. The van der Waals surface area contributed by atoms with Crippen molar-refractivity contribution in [3.05, 3.63) is 12.2 Å². The van der Waals surface area contributed by atoms with Crippen LogP contribution in [0.5, 0.6) is 0 Å². The van der Waals surface area contributed by atoms with E-state index in [1.54, 1.807) is 6.33 Å². The summed E-state index contributed by atoms with van der Waals surface area (Å²) in [7, 11) is 0. The van der Waals surface area contributed by atoms with Gasteiger partial charge in [-0.2, -0.15) is 5.10 Å². The molecule has 2 rings (SSSR count). The molecular formula is C16H31N5. The SMILES string of the molecule is CCCn1ncnc1CN1CCC(CNC(C)(C)C)CC1. The van der Waals surface area contributed by atoms with Gasteiger partial charge in [-0.15, -0.1) is 0 Å². The molecule has 0 aromatic carbocycles. The van der Waals surface area contributed by atoms with Gasteiger partial charge in [0, 0.05) is 12.1 Å². The van der Waals surface area contributed by atoms with Crippen LogP contribution in [0.2, 0.25) is 0 Å². The van der Waals surface area contributed by atoms with Crippen LogP contribution in [-0.2, 0) is 13.1 Å². The quantitative estimate of drug-likeness (QED) is 0.874. The summed E-state index contributed by atoms with van der Waals surface area (Å²) in [5.74, 6) is 1.93. The van der Waals surface area contributed by atoms with Crippen LogP contribution >= 0.6 is 0 Å². The summed E-state index contributed by atoms with van der Waals surface area (Å²) in [6.45, 7) is 14.3. The topological polar surface area (TPSA) is 46.0 Å². The molecule has 0 spiro atoms. The fourth-order valence-corrected chi connectivity index (χ4v) is 2.81. The van der Waals surface area contributed by atoms with Crippen molar-refractivity contribution in [2.24, 2.45) is 5.92 Å². The fourth-order valence-electron chi connectivity index (χ4n) is 2.81. The highest BCUT2D eigenvalue weighted by molar-refractivity contribution is 4.87. The predicted molar refractivity (Wildman–Crippen MR) is 86.1 cm³/mol. The molecule has 1 aromatic rings. The second-order valence-electron chi connectivity index (χ2n) is 7.25. The number of nitrogens with one attached hydrogen (secondary N) is 1. The van der Waals surface area contributed by atoms with E-state index in [9.17, 15) is 0 Å². The molecule has 0 aliphatic carbocycles. The molecule has 1 aliphatic rings. The van der Waals surface area contributed by atoms with Crippen LogP contribution < -0.4 is 5.32 Å². The average molecular weight is 293 g/mol. The summed E-state index contributed by atoms with van der Waals surface area (Å²) in [6, 6.07) is 0. The summed E-state index contributed by atoms with van der Waals surface area (Å²) < 4.78 is 2.05. The third kappa shape index (κ3) is 5.40. The van der Waals surface area contributed by atoms with E-state index in [4.69, 9.17) is 0 Å². The Hall–Kier alpha value is -0.940. The van der Waals surface area contributed by atoms with Gasteiger partial charge in [-0.1, -0.05) is 6.92 Å². The van der Waals surface area contributed by atoms with Crippen LogP contribution in [0, 0.1) is 5.92 Å². The van der Waals surface area contributed by atoms with Crippen molar-refractivity contribution in [3.8, 4) is 0 Å². The van der Waals surface area contributed by atoms with E-state index in [0.717, 1.165) is 37.8 Å². The molecule has 1 saturated heterocycles. The molecule has 1 aromatic heterocycles. The van der Waals surface area contributed by atoms with Gasteiger partial charge in [-0.25, -0.2) is 9.67 Å². The third-order valence-corrected chi connectivity index (χ3v) is 4.12. The van der Waals surface area contributed by atoms with Gasteiger partial charge in [0.2, 0.25) is 0 Å². The molecule has 5 heteroatoms. The zero-order chi connectivity index (χ0) is 15.3. The van der Waals surface area contributed by atoms with Gasteiger partial charge in [0.25, 0.3) is 0 Å².